The van der Waals surface area contributed by atoms with Gasteiger partial charge in [0.25, 0.3) is 0 Å². The first-order valence-electron chi connectivity index (χ1n) is 4.25. The summed E-state index contributed by atoms with van der Waals surface area (Å²) in [5.41, 5.74) is 0.555. The van der Waals surface area contributed by atoms with Crippen molar-refractivity contribution in [1.82, 2.24) is 0 Å². The number of hydrogen-bond acceptors (Lipinski definition) is 3. The van der Waals surface area contributed by atoms with Gasteiger partial charge in [-0.1, -0.05) is 23.7 Å². The van der Waals surface area contributed by atoms with Crippen molar-refractivity contribution in [2.24, 2.45) is 0 Å². The molecule has 1 aromatic carbocycles. The van der Waals surface area contributed by atoms with Crippen molar-refractivity contribution in [1.29, 1.82) is 0 Å². The van der Waals surface area contributed by atoms with Crippen LogP contribution in [0.5, 0.6) is 0 Å². The Morgan fingerprint density at radius 2 is 2.07 bits per heavy atom. The molecule has 0 spiro atoms. The standard InChI is InChI=1S/C10H7ClO3S/c11-9-3-1-2-7-6-8(4-5-12)15(13,14)10(7)9/h1-3,5-6H,4H2. The molecule has 0 atom stereocenters. The fraction of sp³-hybridized carbons (Fsp3) is 0.100. The Balaban J connectivity index is 2.68. The molecule has 1 aliphatic heterocycles. The Bertz CT molecular complexity index is 558. The Labute approximate surface area is 92.3 Å². The number of hydrogen-bond donors (Lipinski definition) is 0. The molecule has 0 saturated carbocycles. The smallest absolute Gasteiger partial charge is 0.205 e. The summed E-state index contributed by atoms with van der Waals surface area (Å²) < 4.78 is 23.8. The first-order chi connectivity index (χ1) is 7.07. The summed E-state index contributed by atoms with van der Waals surface area (Å²) in [6.07, 6.45) is 1.96. The van der Waals surface area contributed by atoms with E-state index in [1.807, 2.05) is 0 Å². The zero-order chi connectivity index (χ0) is 11.1. The highest BCUT2D eigenvalue weighted by atomic mass is 35.5. The van der Waals surface area contributed by atoms with Gasteiger partial charge in [-0.15, -0.1) is 0 Å². The molecule has 0 fully saturated rings. The lowest BCUT2D eigenvalue weighted by Gasteiger charge is -2.02. The second-order valence-corrected chi connectivity index (χ2v) is 5.49. The third-order valence-corrected chi connectivity index (χ3v) is 4.61. The molecule has 15 heavy (non-hydrogen) atoms. The summed E-state index contributed by atoms with van der Waals surface area (Å²) in [5.74, 6) is 0. The Hall–Kier alpha value is -1.13. The van der Waals surface area contributed by atoms with Gasteiger partial charge >= 0.3 is 0 Å². The Morgan fingerprint density at radius 1 is 1.33 bits per heavy atom. The molecule has 0 aromatic heterocycles. The maximum absolute atomic E-state index is 11.9. The van der Waals surface area contributed by atoms with E-state index in [0.29, 0.717) is 11.8 Å². The number of halogens is 1. The Kier molecular flexibility index (Phi) is 2.40. The molecule has 0 aliphatic carbocycles. The second kappa shape index (κ2) is 3.47. The van der Waals surface area contributed by atoms with Crippen molar-refractivity contribution >= 4 is 33.8 Å². The topological polar surface area (TPSA) is 51.2 Å². The van der Waals surface area contributed by atoms with E-state index in [-0.39, 0.29) is 21.2 Å². The minimum absolute atomic E-state index is 0.104. The highest BCUT2D eigenvalue weighted by molar-refractivity contribution is 7.96. The summed E-state index contributed by atoms with van der Waals surface area (Å²) in [6.45, 7) is 0. The monoisotopic (exact) mass is 242 g/mol. The van der Waals surface area contributed by atoms with Crippen LogP contribution in [0.3, 0.4) is 0 Å². The third kappa shape index (κ3) is 1.50. The lowest BCUT2D eigenvalue weighted by molar-refractivity contribution is -0.107. The molecule has 0 bridgehead atoms. The molecular weight excluding hydrogens is 236 g/mol. The van der Waals surface area contributed by atoms with Crippen LogP contribution in [0, 0.1) is 0 Å². The fourth-order valence-electron chi connectivity index (χ4n) is 1.56. The molecule has 0 N–H and O–H groups in total. The normalized spacial score (nSPS) is 17.0. The molecule has 5 heteroatoms. The molecule has 78 valence electrons. The number of allylic oxidation sites excluding steroid dienone is 1. The van der Waals surface area contributed by atoms with Crippen LogP contribution >= 0.6 is 11.6 Å². The van der Waals surface area contributed by atoms with Crippen molar-refractivity contribution in [3.63, 3.8) is 0 Å². The van der Waals surface area contributed by atoms with Crippen LogP contribution in [0.4, 0.5) is 0 Å². The number of carbonyl (C=O) groups excluding carboxylic acids is 1. The van der Waals surface area contributed by atoms with Crippen molar-refractivity contribution in [3.05, 3.63) is 33.7 Å². The molecule has 2 rings (SSSR count). The number of sulfone groups is 1. The maximum Gasteiger partial charge on any atom is 0.205 e. The van der Waals surface area contributed by atoms with Crippen LogP contribution in [0.25, 0.3) is 6.08 Å². The summed E-state index contributed by atoms with van der Waals surface area (Å²) in [5, 5.41) is 0.199. The number of fused-ring (bicyclic) bond motifs is 1. The first-order valence-corrected chi connectivity index (χ1v) is 6.11. The molecule has 0 amide bonds. The maximum atomic E-state index is 11.9. The average molecular weight is 243 g/mol. The van der Waals surface area contributed by atoms with Crippen LogP contribution < -0.4 is 0 Å². The average Bonchev–Trinajstić information content (AvgIpc) is 2.40. The quantitative estimate of drug-likeness (QED) is 0.746. The summed E-state index contributed by atoms with van der Waals surface area (Å²) in [6, 6.07) is 4.86. The van der Waals surface area contributed by atoms with Gasteiger partial charge < -0.3 is 4.79 Å². The van der Waals surface area contributed by atoms with Crippen molar-refractivity contribution in [3.8, 4) is 0 Å². The Morgan fingerprint density at radius 3 is 2.67 bits per heavy atom. The van der Waals surface area contributed by atoms with E-state index >= 15 is 0 Å². The molecular formula is C10H7ClO3S. The second-order valence-electron chi connectivity index (χ2n) is 3.14. The van der Waals surface area contributed by atoms with E-state index in [1.54, 1.807) is 12.1 Å². The summed E-state index contributed by atoms with van der Waals surface area (Å²) in [4.78, 5) is 10.6. The van der Waals surface area contributed by atoms with E-state index in [2.05, 4.69) is 0 Å². The SMILES string of the molecule is O=CCC1=Cc2cccc(Cl)c2S1(=O)=O. The largest absolute Gasteiger partial charge is 0.303 e. The van der Waals surface area contributed by atoms with Gasteiger partial charge in [0, 0.05) is 6.42 Å². The fourth-order valence-corrected chi connectivity index (χ4v) is 3.64. The third-order valence-electron chi connectivity index (χ3n) is 2.21. The van der Waals surface area contributed by atoms with E-state index in [0.717, 1.165) is 0 Å². The van der Waals surface area contributed by atoms with Gasteiger partial charge in [-0.05, 0) is 17.7 Å². The van der Waals surface area contributed by atoms with Crippen LogP contribution in [0.15, 0.2) is 28.0 Å². The van der Waals surface area contributed by atoms with Crippen LogP contribution in [-0.2, 0) is 14.6 Å². The highest BCUT2D eigenvalue weighted by Crippen LogP contribution is 2.38. The molecule has 1 aromatic rings. The van der Waals surface area contributed by atoms with Crippen LogP contribution in [-0.4, -0.2) is 14.7 Å². The van der Waals surface area contributed by atoms with E-state index in [1.165, 1.54) is 12.1 Å². The first kappa shape index (κ1) is 10.4. The zero-order valence-corrected chi connectivity index (χ0v) is 9.18. The molecule has 1 heterocycles. The predicted octanol–water partition coefficient (Wildman–Crippen LogP) is 2.06. The van der Waals surface area contributed by atoms with Gasteiger partial charge in [-0.25, -0.2) is 8.42 Å². The lowest BCUT2D eigenvalue weighted by atomic mass is 10.2. The highest BCUT2D eigenvalue weighted by Gasteiger charge is 2.31. The molecule has 0 radical (unpaired) electrons. The van der Waals surface area contributed by atoms with Crippen molar-refractivity contribution in [2.45, 2.75) is 11.3 Å². The van der Waals surface area contributed by atoms with Gasteiger partial charge in [0.2, 0.25) is 9.84 Å². The van der Waals surface area contributed by atoms with Gasteiger partial charge in [-0.2, -0.15) is 0 Å². The zero-order valence-electron chi connectivity index (χ0n) is 7.60. The van der Waals surface area contributed by atoms with Gasteiger partial charge in [-0.3, -0.25) is 0 Å². The van der Waals surface area contributed by atoms with Gasteiger partial charge in [0.15, 0.2) is 0 Å². The molecule has 0 unspecified atom stereocenters. The van der Waals surface area contributed by atoms with E-state index in [9.17, 15) is 13.2 Å². The summed E-state index contributed by atoms with van der Waals surface area (Å²) >= 11 is 5.82. The lowest BCUT2D eigenvalue weighted by Crippen LogP contribution is -2.01. The number of carbonyl (C=O) groups is 1. The van der Waals surface area contributed by atoms with Crippen LogP contribution in [0.2, 0.25) is 5.02 Å². The molecule has 1 aliphatic rings. The van der Waals surface area contributed by atoms with Gasteiger partial charge in [0.1, 0.15) is 6.29 Å². The van der Waals surface area contributed by atoms with Crippen molar-refractivity contribution in [2.75, 3.05) is 0 Å². The van der Waals surface area contributed by atoms with Crippen molar-refractivity contribution < 1.29 is 13.2 Å². The van der Waals surface area contributed by atoms with E-state index < -0.39 is 9.84 Å². The van der Waals surface area contributed by atoms with Crippen LogP contribution in [0.1, 0.15) is 12.0 Å². The number of rotatable bonds is 2. The number of aldehydes is 1. The number of benzene rings is 1. The minimum atomic E-state index is -3.54. The van der Waals surface area contributed by atoms with E-state index in [4.69, 9.17) is 11.6 Å². The van der Waals surface area contributed by atoms with Gasteiger partial charge in [0.05, 0.1) is 14.8 Å². The minimum Gasteiger partial charge on any atom is -0.303 e. The molecule has 0 saturated heterocycles. The predicted molar refractivity (Wildman–Crippen MR) is 57.3 cm³/mol. The molecule has 3 nitrogen and oxygen atoms in total. The summed E-state index contributed by atoms with van der Waals surface area (Å²) in [7, 11) is -3.54.